The van der Waals surface area contributed by atoms with E-state index in [0.717, 1.165) is 17.8 Å². The molecular weight excluding hydrogens is 483 g/mol. The number of sulfone groups is 1. The maximum atomic E-state index is 13.6. The van der Waals surface area contributed by atoms with E-state index < -0.39 is 50.5 Å². The molecule has 2 saturated heterocycles. The number of hydrogen-bond acceptors (Lipinski definition) is 6. The topological polar surface area (TPSA) is 105 Å². The van der Waals surface area contributed by atoms with Crippen molar-refractivity contribution in [3.8, 4) is 0 Å². The Balaban J connectivity index is 1.82. The number of alkyl halides is 3. The lowest BCUT2D eigenvalue weighted by Gasteiger charge is -2.27. The Morgan fingerprint density at radius 3 is 2.52 bits per heavy atom. The van der Waals surface area contributed by atoms with Crippen molar-refractivity contribution < 1.29 is 35.9 Å². The van der Waals surface area contributed by atoms with E-state index in [1.165, 1.54) is 23.1 Å². The Labute approximate surface area is 193 Å². The summed E-state index contributed by atoms with van der Waals surface area (Å²) < 4.78 is 70.2. The maximum Gasteiger partial charge on any atom is 0.418 e. The van der Waals surface area contributed by atoms with E-state index in [4.69, 9.17) is 4.74 Å². The number of rotatable bonds is 4. The van der Waals surface area contributed by atoms with E-state index >= 15 is 0 Å². The number of amides is 2. The third-order valence-corrected chi connectivity index (χ3v) is 7.97. The molecule has 2 amide bonds. The third kappa shape index (κ3) is 6.40. The average molecular weight is 508 g/mol. The van der Waals surface area contributed by atoms with E-state index in [9.17, 15) is 31.2 Å². The lowest BCUT2D eigenvalue weighted by molar-refractivity contribution is -0.137. The lowest BCUT2D eigenvalue weighted by Crippen LogP contribution is -2.39. The van der Waals surface area contributed by atoms with Crippen molar-refractivity contribution in [2.24, 2.45) is 4.99 Å². The Morgan fingerprint density at radius 1 is 1.21 bits per heavy atom. The smallest absolute Gasteiger partial charge is 0.418 e. The molecule has 8 nitrogen and oxygen atoms in total. The first-order valence-electron chi connectivity index (χ1n) is 10.1. The molecule has 2 aliphatic heterocycles. The van der Waals surface area contributed by atoms with Gasteiger partial charge in [0.15, 0.2) is 15.0 Å². The largest absolute Gasteiger partial charge is 0.444 e. The van der Waals surface area contributed by atoms with E-state index in [1.54, 1.807) is 20.8 Å². The van der Waals surface area contributed by atoms with E-state index in [0.29, 0.717) is 0 Å². The van der Waals surface area contributed by atoms with Gasteiger partial charge < -0.3 is 15.0 Å². The van der Waals surface area contributed by atoms with Crippen LogP contribution in [0.25, 0.3) is 0 Å². The van der Waals surface area contributed by atoms with Crippen LogP contribution in [0.3, 0.4) is 0 Å². The van der Waals surface area contributed by atoms with Crippen LogP contribution < -0.4 is 10.2 Å². The van der Waals surface area contributed by atoms with Gasteiger partial charge >= 0.3 is 12.3 Å². The molecule has 2 fully saturated rings. The molecule has 1 aromatic rings. The zero-order valence-corrected chi connectivity index (χ0v) is 19.8. The number of hydrogen-bond donors (Lipinski definition) is 1. The molecule has 1 aromatic carbocycles. The molecule has 1 N–H and O–H groups in total. The average Bonchev–Trinajstić information content (AvgIpc) is 3.10. The molecule has 0 unspecified atom stereocenters. The summed E-state index contributed by atoms with van der Waals surface area (Å²) in [6, 6.07) is 4.02. The summed E-state index contributed by atoms with van der Waals surface area (Å²) in [5.74, 6) is -1.20. The van der Waals surface area contributed by atoms with Crippen molar-refractivity contribution in [3.05, 3.63) is 29.8 Å². The highest BCUT2D eigenvalue weighted by atomic mass is 32.2. The number of fused-ring (bicyclic) bond motifs is 1. The molecule has 182 valence electrons. The fraction of sp³-hybridized carbons (Fsp3) is 0.550. The van der Waals surface area contributed by atoms with Gasteiger partial charge in [0.25, 0.3) is 0 Å². The van der Waals surface area contributed by atoms with Crippen molar-refractivity contribution in [1.29, 1.82) is 0 Å². The Hall–Kier alpha value is -2.28. The fourth-order valence-electron chi connectivity index (χ4n) is 3.52. The Kier molecular flexibility index (Phi) is 7.04. The highest BCUT2D eigenvalue weighted by Gasteiger charge is 2.51. The Morgan fingerprint density at radius 2 is 1.88 bits per heavy atom. The molecule has 0 aromatic heterocycles. The molecule has 0 saturated carbocycles. The van der Waals surface area contributed by atoms with Crippen LogP contribution in [-0.4, -0.2) is 60.5 Å². The number of anilines is 1. The van der Waals surface area contributed by atoms with Gasteiger partial charge in [-0.3, -0.25) is 4.79 Å². The number of alkyl carbamates (subject to hydrolysis) is 1. The second kappa shape index (κ2) is 9.16. The first-order valence-corrected chi connectivity index (χ1v) is 12.8. The Bertz CT molecular complexity index is 1070. The number of para-hydroxylation sites is 1. The monoisotopic (exact) mass is 507 g/mol. The second-order valence-electron chi connectivity index (χ2n) is 8.65. The summed E-state index contributed by atoms with van der Waals surface area (Å²) >= 11 is 0.978. The normalized spacial score (nSPS) is 23.5. The van der Waals surface area contributed by atoms with Crippen LogP contribution in [0.4, 0.5) is 23.7 Å². The molecule has 0 bridgehead atoms. The van der Waals surface area contributed by atoms with Gasteiger partial charge in [-0.15, -0.1) is 0 Å². The molecule has 0 radical (unpaired) electrons. The first kappa shape index (κ1) is 25.3. The van der Waals surface area contributed by atoms with Gasteiger partial charge in [-0.05, 0) is 32.9 Å². The van der Waals surface area contributed by atoms with Gasteiger partial charge in [0.2, 0.25) is 5.91 Å². The van der Waals surface area contributed by atoms with Crippen molar-refractivity contribution in [1.82, 2.24) is 5.32 Å². The van der Waals surface area contributed by atoms with Crippen molar-refractivity contribution >= 4 is 44.5 Å². The number of thioether (sulfide) groups is 1. The molecule has 13 heteroatoms. The van der Waals surface area contributed by atoms with E-state index in [-0.39, 0.29) is 35.3 Å². The number of aliphatic imine (C=N–C) groups is 1. The van der Waals surface area contributed by atoms with Crippen LogP contribution in [0, 0.1) is 0 Å². The predicted molar refractivity (Wildman–Crippen MR) is 119 cm³/mol. The van der Waals surface area contributed by atoms with E-state index in [1.807, 2.05) is 0 Å². The molecule has 2 atom stereocenters. The quantitative estimate of drug-likeness (QED) is 0.667. The van der Waals surface area contributed by atoms with Gasteiger partial charge in [0.1, 0.15) is 5.60 Å². The van der Waals surface area contributed by atoms with Crippen LogP contribution in [0.15, 0.2) is 29.3 Å². The number of nitrogens with zero attached hydrogens (tertiary/aromatic N) is 2. The molecule has 0 spiro atoms. The molecule has 33 heavy (non-hydrogen) atoms. The number of halogens is 3. The van der Waals surface area contributed by atoms with Gasteiger partial charge in [0.05, 0.1) is 28.8 Å². The predicted octanol–water partition coefficient (Wildman–Crippen LogP) is 3.22. The summed E-state index contributed by atoms with van der Waals surface area (Å²) in [6.45, 7) is 4.98. The summed E-state index contributed by atoms with van der Waals surface area (Å²) in [7, 11) is -3.43. The standard InChI is InChI=1S/C20H24F3N3O5S2/c1-19(2,3)31-18(28)24-9-8-16(27)25-17-26(14-10-33(29,30)11-15(14)32-17)13-7-5-4-6-12(13)20(21,22)23/h4-7,14-15H,8-11H2,1-3H3,(H,24,28)/t14-,15-/m1/s1. The highest BCUT2D eigenvalue weighted by molar-refractivity contribution is 8.16. The van der Waals surface area contributed by atoms with Gasteiger partial charge in [0, 0.05) is 18.2 Å². The molecule has 2 aliphatic rings. The van der Waals surface area contributed by atoms with Gasteiger partial charge in [-0.2, -0.15) is 18.2 Å². The summed E-state index contributed by atoms with van der Waals surface area (Å²) in [5, 5.41) is 1.89. The SMILES string of the molecule is CC(C)(C)OC(=O)NCCC(=O)N=C1S[C@@H]2CS(=O)(=O)C[C@H]2N1c1ccccc1C(F)(F)F. The zero-order valence-electron chi connectivity index (χ0n) is 18.2. The van der Waals surface area contributed by atoms with Gasteiger partial charge in [-0.1, -0.05) is 23.9 Å². The maximum absolute atomic E-state index is 13.6. The van der Waals surface area contributed by atoms with Crippen LogP contribution in [-0.2, 0) is 25.5 Å². The van der Waals surface area contributed by atoms with Crippen LogP contribution in [0.2, 0.25) is 0 Å². The van der Waals surface area contributed by atoms with Crippen molar-refractivity contribution in [2.45, 2.75) is 50.3 Å². The minimum Gasteiger partial charge on any atom is -0.444 e. The van der Waals surface area contributed by atoms with Crippen LogP contribution in [0.5, 0.6) is 0 Å². The first-order chi connectivity index (χ1) is 15.2. The molecule has 3 rings (SSSR count). The van der Waals surface area contributed by atoms with Crippen molar-refractivity contribution in [2.75, 3.05) is 23.0 Å². The highest BCUT2D eigenvalue weighted by Crippen LogP contribution is 2.45. The van der Waals surface area contributed by atoms with Gasteiger partial charge in [-0.25, -0.2) is 13.2 Å². The molecule has 0 aliphatic carbocycles. The minimum atomic E-state index is -4.68. The molecule has 2 heterocycles. The number of nitrogens with one attached hydrogen (secondary N) is 1. The third-order valence-electron chi connectivity index (χ3n) is 4.76. The van der Waals surface area contributed by atoms with Crippen LogP contribution >= 0.6 is 11.8 Å². The summed E-state index contributed by atoms with van der Waals surface area (Å²) in [6.07, 6.45) is -5.59. The van der Waals surface area contributed by atoms with Crippen LogP contribution in [0.1, 0.15) is 32.8 Å². The minimum absolute atomic E-state index is 0.0128. The summed E-state index contributed by atoms with van der Waals surface area (Å²) in [5.41, 5.74) is -1.90. The number of benzene rings is 1. The number of ether oxygens (including phenoxy) is 1. The van der Waals surface area contributed by atoms with Crippen molar-refractivity contribution in [3.63, 3.8) is 0 Å². The zero-order chi connectivity index (χ0) is 24.6. The number of carbonyl (C=O) groups excluding carboxylic acids is 2. The number of amidine groups is 1. The summed E-state index contributed by atoms with van der Waals surface area (Å²) in [4.78, 5) is 29.3. The van der Waals surface area contributed by atoms with E-state index in [2.05, 4.69) is 10.3 Å². The fourth-order valence-corrected chi connectivity index (χ4v) is 7.44. The molecular formula is C20H24F3N3O5S2. The lowest BCUT2D eigenvalue weighted by atomic mass is 10.1. The number of carbonyl (C=O) groups is 2. The second-order valence-corrected chi connectivity index (χ2v) is 12.0.